The molecule has 1 aromatic rings. The highest BCUT2D eigenvalue weighted by Gasteiger charge is 2.21. The van der Waals surface area contributed by atoms with E-state index in [1.807, 2.05) is 23.1 Å². The monoisotopic (exact) mass is 319 g/mol. The molecule has 5 heteroatoms. The summed E-state index contributed by atoms with van der Waals surface area (Å²) in [6.45, 7) is 9.00. The van der Waals surface area contributed by atoms with Gasteiger partial charge in [-0.25, -0.2) is 4.79 Å². The Morgan fingerprint density at radius 1 is 1.22 bits per heavy atom. The second-order valence-corrected chi connectivity index (χ2v) is 6.30. The Kier molecular flexibility index (Phi) is 6.86. The van der Waals surface area contributed by atoms with Crippen LogP contribution in [0.3, 0.4) is 0 Å². The summed E-state index contributed by atoms with van der Waals surface area (Å²) in [5.41, 5.74) is 1.16. The van der Waals surface area contributed by atoms with Crippen molar-refractivity contribution in [2.45, 2.75) is 32.3 Å². The topological polar surface area (TPSA) is 55.8 Å². The molecule has 23 heavy (non-hydrogen) atoms. The maximum atomic E-state index is 12.3. The molecule has 0 aliphatic carbocycles. The van der Waals surface area contributed by atoms with Crippen LogP contribution in [-0.2, 0) is 0 Å². The van der Waals surface area contributed by atoms with E-state index in [0.29, 0.717) is 13.0 Å². The lowest BCUT2D eigenvalue weighted by atomic mass is 9.93. The molecule has 0 aromatic heterocycles. The second-order valence-electron chi connectivity index (χ2n) is 6.30. The first-order valence-electron chi connectivity index (χ1n) is 8.58. The average molecular weight is 319 g/mol. The number of rotatable bonds is 6. The van der Waals surface area contributed by atoms with E-state index in [1.165, 1.54) is 0 Å². The Morgan fingerprint density at radius 2 is 1.87 bits per heavy atom. The summed E-state index contributed by atoms with van der Waals surface area (Å²) < 4.78 is 0. The van der Waals surface area contributed by atoms with E-state index in [-0.39, 0.29) is 18.1 Å². The quantitative estimate of drug-likeness (QED) is 0.842. The molecule has 1 aliphatic heterocycles. The number of carbonyl (C=O) groups is 1. The number of hydrogen-bond acceptors (Lipinski definition) is 3. The standard InChI is InChI=1S/C18H29N3O2/c1-3-20-9-11-21(12-10-20)18(23)19-14-17(13-15(2)22)16-7-5-4-6-8-16/h4-8,15,17,22H,3,9-14H2,1-2H3,(H,19,23)/t15-,17-/m1/s1. The van der Waals surface area contributed by atoms with Crippen molar-refractivity contribution in [1.29, 1.82) is 0 Å². The van der Waals surface area contributed by atoms with Crippen molar-refractivity contribution in [3.05, 3.63) is 35.9 Å². The fourth-order valence-corrected chi connectivity index (χ4v) is 3.06. The van der Waals surface area contributed by atoms with Crippen molar-refractivity contribution in [3.63, 3.8) is 0 Å². The highest BCUT2D eigenvalue weighted by Crippen LogP contribution is 2.20. The molecule has 2 atom stereocenters. The van der Waals surface area contributed by atoms with Crippen LogP contribution in [0.4, 0.5) is 4.79 Å². The van der Waals surface area contributed by atoms with Crippen LogP contribution >= 0.6 is 0 Å². The number of amides is 2. The molecule has 5 nitrogen and oxygen atoms in total. The van der Waals surface area contributed by atoms with E-state index in [0.717, 1.165) is 38.3 Å². The van der Waals surface area contributed by atoms with E-state index in [4.69, 9.17) is 0 Å². The molecule has 2 rings (SSSR count). The largest absolute Gasteiger partial charge is 0.393 e. The van der Waals surface area contributed by atoms with Gasteiger partial charge in [0.25, 0.3) is 0 Å². The molecule has 0 radical (unpaired) electrons. The molecule has 2 N–H and O–H groups in total. The minimum Gasteiger partial charge on any atom is -0.393 e. The van der Waals surface area contributed by atoms with E-state index < -0.39 is 0 Å². The van der Waals surface area contributed by atoms with Crippen molar-refractivity contribution in [3.8, 4) is 0 Å². The fraction of sp³-hybridized carbons (Fsp3) is 0.611. The van der Waals surface area contributed by atoms with Gasteiger partial charge in [-0.05, 0) is 25.5 Å². The number of aliphatic hydroxyl groups excluding tert-OH is 1. The number of hydrogen-bond donors (Lipinski definition) is 2. The van der Waals surface area contributed by atoms with E-state index >= 15 is 0 Å². The van der Waals surface area contributed by atoms with E-state index in [9.17, 15) is 9.90 Å². The summed E-state index contributed by atoms with van der Waals surface area (Å²) in [4.78, 5) is 16.6. The van der Waals surface area contributed by atoms with Gasteiger partial charge in [-0.2, -0.15) is 0 Å². The first-order valence-corrected chi connectivity index (χ1v) is 8.58. The minimum absolute atomic E-state index is 0.00674. The summed E-state index contributed by atoms with van der Waals surface area (Å²) in [7, 11) is 0. The van der Waals surface area contributed by atoms with Gasteiger partial charge in [0.05, 0.1) is 6.10 Å². The first-order chi connectivity index (χ1) is 11.1. The van der Waals surface area contributed by atoms with Crippen LogP contribution in [0.5, 0.6) is 0 Å². The van der Waals surface area contributed by atoms with Gasteiger partial charge in [-0.3, -0.25) is 0 Å². The summed E-state index contributed by atoms with van der Waals surface area (Å²) >= 11 is 0. The Morgan fingerprint density at radius 3 is 2.43 bits per heavy atom. The third-order valence-corrected chi connectivity index (χ3v) is 4.50. The second kappa shape index (κ2) is 8.89. The molecular formula is C18H29N3O2. The third-order valence-electron chi connectivity index (χ3n) is 4.50. The number of likely N-dealkylation sites (N-methyl/N-ethyl adjacent to an activating group) is 1. The SMILES string of the molecule is CCN1CCN(C(=O)NC[C@@H](C[C@@H](C)O)c2ccccc2)CC1. The van der Waals surface area contributed by atoms with Crippen molar-refractivity contribution in [2.75, 3.05) is 39.3 Å². The van der Waals surface area contributed by atoms with Crippen molar-refractivity contribution < 1.29 is 9.90 Å². The lowest BCUT2D eigenvalue weighted by Gasteiger charge is -2.34. The molecular weight excluding hydrogens is 290 g/mol. The summed E-state index contributed by atoms with van der Waals surface area (Å²) in [6.07, 6.45) is 0.263. The van der Waals surface area contributed by atoms with E-state index in [2.05, 4.69) is 29.3 Å². The zero-order chi connectivity index (χ0) is 16.7. The maximum absolute atomic E-state index is 12.3. The summed E-state index contributed by atoms with van der Waals surface area (Å²) in [5, 5.41) is 12.8. The zero-order valence-electron chi connectivity index (χ0n) is 14.2. The van der Waals surface area contributed by atoms with Crippen LogP contribution in [-0.4, -0.2) is 66.3 Å². The molecule has 1 fully saturated rings. The molecule has 2 amide bonds. The van der Waals surface area contributed by atoms with Crippen LogP contribution in [0.1, 0.15) is 31.7 Å². The van der Waals surface area contributed by atoms with Gasteiger partial charge in [-0.1, -0.05) is 37.3 Å². The predicted molar refractivity (Wildman–Crippen MR) is 92.6 cm³/mol. The Balaban J connectivity index is 1.87. The summed E-state index contributed by atoms with van der Waals surface area (Å²) in [5.74, 6) is 0.136. The number of nitrogens with one attached hydrogen (secondary N) is 1. The van der Waals surface area contributed by atoms with Crippen LogP contribution in [0.2, 0.25) is 0 Å². The van der Waals surface area contributed by atoms with Crippen LogP contribution in [0, 0.1) is 0 Å². The van der Waals surface area contributed by atoms with Crippen molar-refractivity contribution >= 4 is 6.03 Å². The normalized spacial score (nSPS) is 18.5. The van der Waals surface area contributed by atoms with Crippen LogP contribution in [0.25, 0.3) is 0 Å². The van der Waals surface area contributed by atoms with Crippen LogP contribution < -0.4 is 5.32 Å². The van der Waals surface area contributed by atoms with Gasteiger partial charge >= 0.3 is 6.03 Å². The number of piperazine rings is 1. The lowest BCUT2D eigenvalue weighted by Crippen LogP contribution is -2.52. The van der Waals surface area contributed by atoms with Gasteiger partial charge < -0.3 is 20.2 Å². The van der Waals surface area contributed by atoms with Crippen molar-refractivity contribution in [1.82, 2.24) is 15.1 Å². The lowest BCUT2D eigenvalue weighted by molar-refractivity contribution is 0.141. The molecule has 1 saturated heterocycles. The number of benzene rings is 1. The number of urea groups is 1. The molecule has 0 saturated carbocycles. The van der Waals surface area contributed by atoms with Gasteiger partial charge in [0.15, 0.2) is 0 Å². The van der Waals surface area contributed by atoms with Gasteiger partial charge in [0.1, 0.15) is 0 Å². The molecule has 1 heterocycles. The molecule has 1 aliphatic rings. The van der Waals surface area contributed by atoms with Crippen LogP contribution in [0.15, 0.2) is 30.3 Å². The zero-order valence-corrected chi connectivity index (χ0v) is 14.2. The average Bonchev–Trinajstić information content (AvgIpc) is 2.59. The highest BCUT2D eigenvalue weighted by atomic mass is 16.3. The summed E-state index contributed by atoms with van der Waals surface area (Å²) in [6, 6.07) is 10.1. The molecule has 0 spiro atoms. The minimum atomic E-state index is -0.384. The fourth-order valence-electron chi connectivity index (χ4n) is 3.06. The van der Waals surface area contributed by atoms with Gasteiger partial charge in [0.2, 0.25) is 0 Å². The highest BCUT2D eigenvalue weighted by molar-refractivity contribution is 5.74. The molecule has 0 bridgehead atoms. The Labute approximate surface area is 139 Å². The smallest absolute Gasteiger partial charge is 0.317 e. The maximum Gasteiger partial charge on any atom is 0.317 e. The number of carbonyl (C=O) groups excluding carboxylic acids is 1. The molecule has 0 unspecified atom stereocenters. The molecule has 1 aromatic carbocycles. The Hall–Kier alpha value is -1.59. The Bertz CT molecular complexity index is 470. The number of nitrogens with zero attached hydrogens (tertiary/aromatic N) is 2. The van der Waals surface area contributed by atoms with Crippen molar-refractivity contribution in [2.24, 2.45) is 0 Å². The van der Waals surface area contributed by atoms with Gasteiger partial charge in [0, 0.05) is 38.6 Å². The molecule has 128 valence electrons. The number of aliphatic hydroxyl groups is 1. The van der Waals surface area contributed by atoms with E-state index in [1.54, 1.807) is 6.92 Å². The first kappa shape index (κ1) is 17.8. The predicted octanol–water partition coefficient (Wildman–Crippen LogP) is 1.89. The third kappa shape index (κ3) is 5.52. The van der Waals surface area contributed by atoms with Gasteiger partial charge in [-0.15, -0.1) is 0 Å².